The average molecular weight is 704 g/mol. The average Bonchev–Trinajstić information content (AvgIpc) is 3.68. The fraction of sp³-hybridized carbons (Fsp3) is 0.325. The molecule has 4 heterocycles. The topological polar surface area (TPSA) is 107 Å². The van der Waals surface area contributed by atoms with Gasteiger partial charge < -0.3 is 29.7 Å². The monoisotopic (exact) mass is 703 g/mol. The minimum atomic E-state index is -0.344. The van der Waals surface area contributed by atoms with Crippen molar-refractivity contribution in [3.05, 3.63) is 114 Å². The molecule has 10 heteroatoms. The number of carbonyl (C=O) groups is 2. The van der Waals surface area contributed by atoms with Gasteiger partial charge in [0.2, 0.25) is 0 Å². The van der Waals surface area contributed by atoms with E-state index in [0.717, 1.165) is 52.8 Å². The molecular formula is C40H53N3O6S. The summed E-state index contributed by atoms with van der Waals surface area (Å²) in [7, 11) is 0. The lowest BCUT2D eigenvalue weighted by atomic mass is 10.0. The number of thiocarbonyl (C=S) groups is 1. The molecule has 0 radical (unpaired) electrons. The van der Waals surface area contributed by atoms with Gasteiger partial charge in [-0.2, -0.15) is 5.48 Å². The zero-order valence-corrected chi connectivity index (χ0v) is 31.4. The van der Waals surface area contributed by atoms with E-state index in [1.807, 2.05) is 128 Å². The summed E-state index contributed by atoms with van der Waals surface area (Å²) in [6, 6.07) is 30.6. The number of benzene rings is 4. The van der Waals surface area contributed by atoms with Gasteiger partial charge in [-0.3, -0.25) is 4.79 Å². The molecular weight excluding hydrogens is 651 g/mol. The van der Waals surface area contributed by atoms with E-state index in [-0.39, 0.29) is 18.5 Å². The Balaban J connectivity index is 0.000000313. The number of fused-ring (bicyclic) bond motifs is 4. The number of hydrogen-bond donors (Lipinski definition) is 3. The number of para-hydroxylation sites is 5. The molecule has 4 aliphatic heterocycles. The van der Waals surface area contributed by atoms with Crippen LogP contribution in [0.2, 0.25) is 0 Å². The first-order valence-corrected chi connectivity index (χ1v) is 17.8. The molecule has 4 aromatic rings. The fourth-order valence-electron chi connectivity index (χ4n) is 4.27. The molecule has 8 rings (SSSR count). The van der Waals surface area contributed by atoms with Crippen molar-refractivity contribution >= 4 is 34.8 Å². The second-order valence-electron chi connectivity index (χ2n) is 9.24. The van der Waals surface area contributed by atoms with Crippen molar-refractivity contribution in [3.8, 4) is 23.0 Å². The molecule has 0 saturated heterocycles. The molecule has 0 fully saturated rings. The predicted molar refractivity (Wildman–Crippen MR) is 208 cm³/mol. The largest absolute Gasteiger partial charge is 0.484 e. The Morgan fingerprint density at radius 3 is 1.80 bits per heavy atom. The van der Waals surface area contributed by atoms with Gasteiger partial charge >= 0.3 is 5.97 Å². The first-order chi connectivity index (χ1) is 24.6. The Morgan fingerprint density at radius 1 is 0.600 bits per heavy atom. The molecule has 1 amide bonds. The van der Waals surface area contributed by atoms with Gasteiger partial charge in [-0.05, 0) is 48.4 Å². The van der Waals surface area contributed by atoms with Crippen molar-refractivity contribution in [2.45, 2.75) is 68.4 Å². The summed E-state index contributed by atoms with van der Waals surface area (Å²) in [5, 5.41) is 5.87. The highest BCUT2D eigenvalue weighted by atomic mass is 32.1. The molecule has 0 aliphatic carbocycles. The van der Waals surface area contributed by atoms with Crippen molar-refractivity contribution in [3.63, 3.8) is 0 Å². The highest BCUT2D eigenvalue weighted by Gasteiger charge is 2.17. The van der Waals surface area contributed by atoms with Crippen LogP contribution in [0.15, 0.2) is 97.1 Å². The normalized spacial score (nSPS) is 13.0. The first kappa shape index (κ1) is 43.1. The zero-order valence-electron chi connectivity index (χ0n) is 30.6. The van der Waals surface area contributed by atoms with Crippen LogP contribution in [0, 0.1) is 0 Å². The maximum atomic E-state index is 11.2. The van der Waals surface area contributed by atoms with Crippen molar-refractivity contribution in [2.24, 2.45) is 0 Å². The van der Waals surface area contributed by atoms with Crippen LogP contribution >= 0.6 is 12.2 Å². The smallest absolute Gasteiger partial charge is 0.349 e. The minimum Gasteiger partial charge on any atom is -0.484 e. The lowest BCUT2D eigenvalue weighted by molar-refractivity contribution is -0.138. The standard InChI is InChI=1S/C9H9NO.C8H7NOS.C8H6O3.C7H7NO.4C2H6/c11-9-8-4-2-1-3-7(8)5-6-10-9;11-8-5-10-7-4-2-1-3-6(7)9-8;9-8-5-10-6-3-1-2-4-7(6)11-8;1-2-4-7-6(3-1)5-8-9-7;4*1-2/h1-4H,5-6H2,(H,10,11);1-4H,5H2,(H,9,11);1-4H,5H2;1-4,8H,5H2;4*1-2H3. The Kier molecular flexibility index (Phi) is 22.4. The maximum Gasteiger partial charge on any atom is 0.349 e. The van der Waals surface area contributed by atoms with Crippen LogP contribution in [0.1, 0.15) is 76.9 Å². The highest BCUT2D eigenvalue weighted by Crippen LogP contribution is 2.29. The third kappa shape index (κ3) is 14.3. The van der Waals surface area contributed by atoms with Crippen LogP contribution in [0.5, 0.6) is 23.0 Å². The molecule has 4 aliphatic rings. The number of hydroxylamine groups is 1. The molecule has 9 nitrogen and oxygen atoms in total. The van der Waals surface area contributed by atoms with Crippen LogP contribution in [0.3, 0.4) is 0 Å². The SMILES string of the molecule is CC.CC.CC.CC.O=C1COc2ccccc2O1.O=C1NCCc2ccccc21.S=C1COc2ccccc2N1.c1ccc2c(c1)CNO2. The second kappa shape index (κ2) is 26.0. The summed E-state index contributed by atoms with van der Waals surface area (Å²) in [5.74, 6) is 2.69. The third-order valence-electron chi connectivity index (χ3n) is 6.30. The minimum absolute atomic E-state index is 0.0109. The van der Waals surface area contributed by atoms with E-state index in [0.29, 0.717) is 18.1 Å². The molecule has 0 saturated carbocycles. The van der Waals surface area contributed by atoms with Gasteiger partial charge in [-0.1, -0.05) is 128 Å². The Hall–Kier alpha value is -4.93. The number of ether oxygens (including phenoxy) is 3. The summed E-state index contributed by atoms with van der Waals surface area (Å²) < 4.78 is 15.3. The van der Waals surface area contributed by atoms with Crippen LogP contribution in [-0.2, 0) is 17.8 Å². The van der Waals surface area contributed by atoms with Crippen LogP contribution < -0.4 is 35.2 Å². The van der Waals surface area contributed by atoms with Gasteiger partial charge in [-0.15, -0.1) is 0 Å². The number of esters is 1. The van der Waals surface area contributed by atoms with E-state index < -0.39 is 0 Å². The molecule has 50 heavy (non-hydrogen) atoms. The fourth-order valence-corrected chi connectivity index (χ4v) is 4.44. The molecule has 0 atom stereocenters. The van der Waals surface area contributed by atoms with Crippen LogP contribution in [0.4, 0.5) is 5.69 Å². The summed E-state index contributed by atoms with van der Waals surface area (Å²) in [5.41, 5.74) is 6.98. The third-order valence-corrected chi connectivity index (χ3v) is 6.52. The summed E-state index contributed by atoms with van der Waals surface area (Å²) in [6.45, 7) is 18.1. The van der Waals surface area contributed by atoms with E-state index in [2.05, 4.69) is 22.2 Å². The van der Waals surface area contributed by atoms with Gasteiger partial charge in [0.25, 0.3) is 5.91 Å². The number of hydrogen-bond acceptors (Lipinski definition) is 8. The van der Waals surface area contributed by atoms with E-state index in [4.69, 9.17) is 31.3 Å². The van der Waals surface area contributed by atoms with Crippen molar-refractivity contribution < 1.29 is 28.6 Å². The number of anilines is 1. The Morgan fingerprint density at radius 2 is 1.14 bits per heavy atom. The van der Waals surface area contributed by atoms with E-state index in [1.165, 1.54) is 5.56 Å². The quantitative estimate of drug-likeness (QED) is 0.0940. The van der Waals surface area contributed by atoms with Crippen molar-refractivity contribution in [1.29, 1.82) is 0 Å². The Labute approximate surface area is 303 Å². The molecule has 4 aromatic carbocycles. The van der Waals surface area contributed by atoms with Gasteiger partial charge in [0.05, 0.1) is 12.2 Å². The van der Waals surface area contributed by atoms with Crippen LogP contribution in [-0.4, -0.2) is 36.6 Å². The molecule has 0 spiro atoms. The van der Waals surface area contributed by atoms with Gasteiger partial charge in [0.15, 0.2) is 23.9 Å². The van der Waals surface area contributed by atoms with Gasteiger partial charge in [0.1, 0.15) is 17.3 Å². The summed E-state index contributed by atoms with van der Waals surface area (Å²) >= 11 is 4.95. The number of amides is 1. The zero-order chi connectivity index (χ0) is 37.1. The van der Waals surface area contributed by atoms with Gasteiger partial charge in [0, 0.05) is 17.7 Å². The first-order valence-electron chi connectivity index (χ1n) is 17.3. The maximum absolute atomic E-state index is 11.2. The van der Waals surface area contributed by atoms with Crippen molar-refractivity contribution in [1.82, 2.24) is 10.8 Å². The lowest BCUT2D eigenvalue weighted by Gasteiger charge is -2.18. The molecule has 270 valence electrons. The molecule has 3 N–H and O–H groups in total. The van der Waals surface area contributed by atoms with Gasteiger partial charge in [-0.25, -0.2) is 4.79 Å². The summed E-state index contributed by atoms with van der Waals surface area (Å²) in [4.78, 5) is 27.6. The number of nitrogens with one attached hydrogen (secondary N) is 3. The number of carbonyl (C=O) groups excluding carboxylic acids is 2. The Bertz CT molecular complexity index is 1500. The molecule has 0 unspecified atom stereocenters. The van der Waals surface area contributed by atoms with E-state index >= 15 is 0 Å². The van der Waals surface area contributed by atoms with Crippen molar-refractivity contribution in [2.75, 3.05) is 25.1 Å². The lowest BCUT2D eigenvalue weighted by Crippen LogP contribution is -2.31. The predicted octanol–water partition coefficient (Wildman–Crippen LogP) is 8.96. The highest BCUT2D eigenvalue weighted by molar-refractivity contribution is 7.80. The summed E-state index contributed by atoms with van der Waals surface area (Å²) in [6.07, 6.45) is 0.960. The number of rotatable bonds is 0. The second-order valence-corrected chi connectivity index (χ2v) is 9.73. The van der Waals surface area contributed by atoms with E-state index in [9.17, 15) is 9.59 Å². The van der Waals surface area contributed by atoms with E-state index in [1.54, 1.807) is 18.2 Å². The van der Waals surface area contributed by atoms with Crippen LogP contribution in [0.25, 0.3) is 0 Å². The molecule has 0 bridgehead atoms. The molecule has 0 aromatic heterocycles.